The molecule has 0 spiro atoms. The first kappa shape index (κ1) is 17.0. The predicted molar refractivity (Wildman–Crippen MR) is 80.1 cm³/mol. The molecule has 0 aliphatic rings. The van der Waals surface area contributed by atoms with Crippen LogP contribution in [-0.4, -0.2) is 43.2 Å². The highest BCUT2D eigenvalue weighted by molar-refractivity contribution is 6.18. The first-order valence-corrected chi connectivity index (χ1v) is 7.09. The van der Waals surface area contributed by atoms with E-state index in [-0.39, 0.29) is 36.6 Å². The normalized spacial score (nSPS) is 9.76. The lowest BCUT2D eigenvalue weighted by atomic mass is 10.2. The molecule has 114 valence electrons. The van der Waals surface area contributed by atoms with E-state index >= 15 is 0 Å². The maximum Gasteiger partial charge on any atom is 0.251 e. The predicted octanol–water partition coefficient (Wildman–Crippen LogP) is 0.278. The van der Waals surface area contributed by atoms with Gasteiger partial charge < -0.3 is 16.0 Å². The molecule has 1 aromatic rings. The highest BCUT2D eigenvalue weighted by Gasteiger charge is 2.07. The minimum Gasteiger partial charge on any atom is -0.354 e. The van der Waals surface area contributed by atoms with Crippen LogP contribution in [0.3, 0.4) is 0 Å². The van der Waals surface area contributed by atoms with Crippen molar-refractivity contribution in [1.29, 1.82) is 0 Å². The van der Waals surface area contributed by atoms with Crippen LogP contribution >= 0.6 is 11.6 Å². The molecule has 0 heterocycles. The van der Waals surface area contributed by atoms with Gasteiger partial charge in [0, 0.05) is 31.0 Å². The molecular formula is C14H18ClN3O3. The van der Waals surface area contributed by atoms with Crippen molar-refractivity contribution in [3.8, 4) is 0 Å². The summed E-state index contributed by atoms with van der Waals surface area (Å²) in [6.45, 7) is 0.519. The molecule has 3 N–H and O–H groups in total. The molecular weight excluding hydrogens is 294 g/mol. The molecule has 1 rings (SSSR count). The van der Waals surface area contributed by atoms with Gasteiger partial charge in [0.15, 0.2) is 0 Å². The number of hydrogen-bond acceptors (Lipinski definition) is 3. The topological polar surface area (TPSA) is 87.3 Å². The Labute approximate surface area is 128 Å². The highest BCUT2D eigenvalue weighted by Crippen LogP contribution is 1.97. The minimum absolute atomic E-state index is 0.108. The van der Waals surface area contributed by atoms with E-state index in [0.717, 1.165) is 0 Å². The summed E-state index contributed by atoms with van der Waals surface area (Å²) in [6.07, 6.45) is 0.253. The second kappa shape index (κ2) is 9.77. The molecule has 0 saturated carbocycles. The van der Waals surface area contributed by atoms with Crippen LogP contribution in [0, 0.1) is 0 Å². The number of hydrogen-bond donors (Lipinski definition) is 3. The van der Waals surface area contributed by atoms with Gasteiger partial charge in [-0.1, -0.05) is 18.2 Å². The first-order chi connectivity index (χ1) is 10.1. The number of benzene rings is 1. The Morgan fingerprint density at radius 2 is 1.52 bits per heavy atom. The van der Waals surface area contributed by atoms with Crippen LogP contribution in [0.4, 0.5) is 0 Å². The maximum atomic E-state index is 11.7. The lowest BCUT2D eigenvalue weighted by Gasteiger charge is -2.08. The Morgan fingerprint density at radius 3 is 2.14 bits per heavy atom. The zero-order valence-corrected chi connectivity index (χ0v) is 12.3. The third kappa shape index (κ3) is 7.31. The Morgan fingerprint density at radius 1 is 0.905 bits per heavy atom. The Bertz CT molecular complexity index is 480. The molecule has 0 atom stereocenters. The first-order valence-electron chi connectivity index (χ1n) is 6.56. The summed E-state index contributed by atoms with van der Waals surface area (Å²) in [5.74, 6) is -0.507. The molecule has 0 aliphatic heterocycles. The van der Waals surface area contributed by atoms with Gasteiger partial charge in [0.2, 0.25) is 11.8 Å². The standard InChI is InChI=1S/C14H18ClN3O3/c15-7-6-12(19)16-8-9-17-13(20)10-18-14(21)11-4-2-1-3-5-11/h1-5H,6-10H2,(H,16,19)(H,17,20)(H,18,21). The van der Waals surface area contributed by atoms with E-state index in [4.69, 9.17) is 11.6 Å². The van der Waals surface area contributed by atoms with Crippen LogP contribution in [0.5, 0.6) is 0 Å². The van der Waals surface area contributed by atoms with Crippen LogP contribution in [0.25, 0.3) is 0 Å². The summed E-state index contributed by atoms with van der Waals surface area (Å²) in [6, 6.07) is 8.64. The summed E-state index contributed by atoms with van der Waals surface area (Å²) >= 11 is 5.41. The molecule has 21 heavy (non-hydrogen) atoms. The Kier molecular flexibility index (Phi) is 7.89. The van der Waals surface area contributed by atoms with Gasteiger partial charge in [-0.2, -0.15) is 0 Å². The highest BCUT2D eigenvalue weighted by atomic mass is 35.5. The summed E-state index contributed by atoms with van der Waals surface area (Å²) < 4.78 is 0. The summed E-state index contributed by atoms with van der Waals surface area (Å²) in [7, 11) is 0. The number of nitrogens with one attached hydrogen (secondary N) is 3. The lowest BCUT2D eigenvalue weighted by molar-refractivity contribution is -0.122. The van der Waals surface area contributed by atoms with Crippen molar-refractivity contribution >= 4 is 29.3 Å². The number of rotatable bonds is 8. The van der Waals surface area contributed by atoms with Crippen LogP contribution in [0.1, 0.15) is 16.8 Å². The lowest BCUT2D eigenvalue weighted by Crippen LogP contribution is -2.40. The largest absolute Gasteiger partial charge is 0.354 e. The summed E-state index contributed by atoms with van der Waals surface area (Å²) in [5, 5.41) is 7.70. The third-order valence-corrected chi connectivity index (χ3v) is 2.73. The molecule has 1 aromatic carbocycles. The molecule has 0 bridgehead atoms. The fourth-order valence-corrected chi connectivity index (χ4v) is 1.66. The van der Waals surface area contributed by atoms with Crippen molar-refractivity contribution in [2.24, 2.45) is 0 Å². The average molecular weight is 312 g/mol. The molecule has 7 heteroatoms. The van der Waals surface area contributed by atoms with Crippen molar-refractivity contribution < 1.29 is 14.4 Å². The van der Waals surface area contributed by atoms with Crippen molar-refractivity contribution in [2.75, 3.05) is 25.5 Å². The monoisotopic (exact) mass is 311 g/mol. The molecule has 0 aromatic heterocycles. The number of halogens is 1. The SMILES string of the molecule is O=C(CCCl)NCCNC(=O)CNC(=O)c1ccccc1. The molecule has 0 saturated heterocycles. The van der Waals surface area contributed by atoms with E-state index in [1.54, 1.807) is 24.3 Å². The second-order valence-electron chi connectivity index (χ2n) is 4.19. The van der Waals surface area contributed by atoms with Gasteiger partial charge in [0.05, 0.1) is 6.54 Å². The van der Waals surface area contributed by atoms with E-state index in [9.17, 15) is 14.4 Å². The zero-order valence-electron chi connectivity index (χ0n) is 11.5. The van der Waals surface area contributed by atoms with Gasteiger partial charge in [-0.05, 0) is 12.1 Å². The second-order valence-corrected chi connectivity index (χ2v) is 4.57. The number of amides is 3. The minimum atomic E-state index is -0.314. The molecule has 3 amide bonds. The molecule has 0 fully saturated rings. The van der Waals surface area contributed by atoms with Gasteiger partial charge in [-0.25, -0.2) is 0 Å². The molecule has 0 aliphatic carbocycles. The van der Waals surface area contributed by atoms with Crippen LogP contribution in [0.2, 0.25) is 0 Å². The van der Waals surface area contributed by atoms with Gasteiger partial charge in [0.25, 0.3) is 5.91 Å². The molecule has 0 unspecified atom stereocenters. The van der Waals surface area contributed by atoms with E-state index in [1.165, 1.54) is 0 Å². The number of alkyl halides is 1. The quantitative estimate of drug-likeness (QED) is 0.476. The zero-order chi connectivity index (χ0) is 15.5. The maximum absolute atomic E-state index is 11.7. The fraction of sp³-hybridized carbons (Fsp3) is 0.357. The average Bonchev–Trinajstić information content (AvgIpc) is 2.50. The van der Waals surface area contributed by atoms with Gasteiger partial charge in [-0.15, -0.1) is 11.6 Å². The Balaban J connectivity index is 2.14. The molecule has 6 nitrogen and oxygen atoms in total. The summed E-state index contributed by atoms with van der Waals surface area (Å²) in [4.78, 5) is 34.3. The van der Waals surface area contributed by atoms with Crippen molar-refractivity contribution in [3.63, 3.8) is 0 Å². The van der Waals surface area contributed by atoms with Gasteiger partial charge in [0.1, 0.15) is 0 Å². The van der Waals surface area contributed by atoms with Gasteiger partial charge in [-0.3, -0.25) is 14.4 Å². The third-order valence-electron chi connectivity index (χ3n) is 2.54. The number of carbonyl (C=O) groups is 3. The van der Waals surface area contributed by atoms with Crippen LogP contribution in [0.15, 0.2) is 30.3 Å². The van der Waals surface area contributed by atoms with Crippen LogP contribution in [-0.2, 0) is 9.59 Å². The van der Waals surface area contributed by atoms with Crippen LogP contribution < -0.4 is 16.0 Å². The van der Waals surface area contributed by atoms with E-state index in [0.29, 0.717) is 18.7 Å². The smallest absolute Gasteiger partial charge is 0.251 e. The van der Waals surface area contributed by atoms with E-state index in [2.05, 4.69) is 16.0 Å². The van der Waals surface area contributed by atoms with Crippen molar-refractivity contribution in [1.82, 2.24) is 16.0 Å². The van der Waals surface area contributed by atoms with E-state index < -0.39 is 0 Å². The van der Waals surface area contributed by atoms with Crippen molar-refractivity contribution in [2.45, 2.75) is 6.42 Å². The van der Waals surface area contributed by atoms with E-state index in [1.807, 2.05) is 6.07 Å². The molecule has 0 radical (unpaired) electrons. The van der Waals surface area contributed by atoms with Crippen molar-refractivity contribution in [3.05, 3.63) is 35.9 Å². The fourth-order valence-electron chi connectivity index (χ4n) is 1.49. The summed E-state index contributed by atoms with van der Waals surface area (Å²) in [5.41, 5.74) is 0.499. The number of carbonyl (C=O) groups excluding carboxylic acids is 3. The Hall–Kier alpha value is -2.08. The van der Waals surface area contributed by atoms with Gasteiger partial charge >= 0.3 is 0 Å².